The van der Waals surface area contributed by atoms with Gasteiger partial charge in [-0.05, 0) is 44.1 Å². The highest BCUT2D eigenvalue weighted by atomic mass is 32.1. The van der Waals surface area contributed by atoms with Crippen molar-refractivity contribution in [1.82, 2.24) is 14.9 Å². The standard InChI is InChI=1S/C21H27N5OS/c1-22-12-14-2-7-17-18(14)19-20(23-13-24-21(19)28-17)25-15-3-5-16(6-4-15)26-8-10-27-11-9-26/h13-16H,2-12H2,(H,23,24,25)/t14-,15?,16?/m1/s1. The van der Waals surface area contributed by atoms with Crippen LogP contribution in [0.1, 0.15) is 48.5 Å². The number of thiophene rings is 1. The normalized spacial score (nSPS) is 28.2. The van der Waals surface area contributed by atoms with E-state index in [1.807, 2.05) is 0 Å². The molecule has 1 aliphatic heterocycles. The van der Waals surface area contributed by atoms with Gasteiger partial charge in [0.25, 0.3) is 0 Å². The number of fused-ring (bicyclic) bond motifs is 3. The van der Waals surface area contributed by atoms with Crippen LogP contribution in [0.25, 0.3) is 15.1 Å². The van der Waals surface area contributed by atoms with E-state index in [0.717, 1.165) is 49.8 Å². The highest BCUT2D eigenvalue weighted by Crippen LogP contribution is 2.45. The highest BCUT2D eigenvalue weighted by molar-refractivity contribution is 7.19. The van der Waals surface area contributed by atoms with Gasteiger partial charge in [-0.15, -0.1) is 11.3 Å². The van der Waals surface area contributed by atoms with Gasteiger partial charge in [0, 0.05) is 30.1 Å². The second-order valence-corrected chi connectivity index (χ2v) is 9.30. The van der Waals surface area contributed by atoms with E-state index in [4.69, 9.17) is 11.3 Å². The molecule has 6 nitrogen and oxygen atoms in total. The summed E-state index contributed by atoms with van der Waals surface area (Å²) in [5.41, 5.74) is 1.36. The van der Waals surface area contributed by atoms with Gasteiger partial charge in [0.2, 0.25) is 6.54 Å². The zero-order valence-electron chi connectivity index (χ0n) is 16.2. The number of hydrogen-bond acceptors (Lipinski definition) is 6. The minimum absolute atomic E-state index is 0.352. The Labute approximate surface area is 170 Å². The predicted octanol–water partition coefficient (Wildman–Crippen LogP) is 3.70. The van der Waals surface area contributed by atoms with E-state index in [1.54, 1.807) is 17.7 Å². The summed E-state index contributed by atoms with van der Waals surface area (Å²) in [5.74, 6) is 1.35. The molecule has 0 unspecified atom stereocenters. The molecule has 2 aromatic rings. The molecule has 1 saturated carbocycles. The summed E-state index contributed by atoms with van der Waals surface area (Å²) < 4.78 is 5.50. The molecule has 0 radical (unpaired) electrons. The number of rotatable bonds is 4. The molecule has 3 aliphatic rings. The Hall–Kier alpha value is -1.75. The van der Waals surface area contributed by atoms with Gasteiger partial charge in [-0.25, -0.2) is 16.5 Å². The lowest BCUT2D eigenvalue weighted by Crippen LogP contribution is -2.46. The number of nitrogens with one attached hydrogen (secondary N) is 1. The van der Waals surface area contributed by atoms with Crippen molar-refractivity contribution in [3.63, 3.8) is 0 Å². The van der Waals surface area contributed by atoms with E-state index in [2.05, 4.69) is 25.0 Å². The van der Waals surface area contributed by atoms with Crippen molar-refractivity contribution < 1.29 is 4.74 Å². The third kappa shape index (κ3) is 3.38. The molecule has 1 saturated heterocycles. The van der Waals surface area contributed by atoms with Gasteiger partial charge < -0.3 is 14.9 Å². The average Bonchev–Trinajstić information content (AvgIpc) is 3.30. The zero-order chi connectivity index (χ0) is 18.9. The van der Waals surface area contributed by atoms with E-state index >= 15 is 0 Å². The molecule has 5 rings (SSSR count). The Morgan fingerprint density at radius 1 is 1.18 bits per heavy atom. The van der Waals surface area contributed by atoms with Gasteiger partial charge >= 0.3 is 0 Å². The van der Waals surface area contributed by atoms with Gasteiger partial charge in [-0.1, -0.05) is 0 Å². The zero-order valence-corrected chi connectivity index (χ0v) is 17.0. The monoisotopic (exact) mass is 397 g/mol. The average molecular weight is 398 g/mol. The first-order valence-corrected chi connectivity index (χ1v) is 11.3. The third-order valence-corrected chi connectivity index (χ3v) is 7.81. The first-order valence-electron chi connectivity index (χ1n) is 10.5. The number of anilines is 1. The van der Waals surface area contributed by atoms with Crippen LogP contribution in [-0.4, -0.2) is 59.8 Å². The Morgan fingerprint density at radius 2 is 2.00 bits per heavy atom. The maximum atomic E-state index is 7.30. The van der Waals surface area contributed by atoms with Gasteiger partial charge in [-0.2, -0.15) is 0 Å². The van der Waals surface area contributed by atoms with Crippen LogP contribution in [0.3, 0.4) is 0 Å². The summed E-state index contributed by atoms with van der Waals surface area (Å²) in [6, 6.07) is 1.19. The molecule has 1 atom stereocenters. The van der Waals surface area contributed by atoms with Gasteiger partial charge in [0.15, 0.2) is 0 Å². The van der Waals surface area contributed by atoms with Crippen molar-refractivity contribution in [2.24, 2.45) is 0 Å². The lowest BCUT2D eigenvalue weighted by Gasteiger charge is -2.39. The fraction of sp³-hybridized carbons (Fsp3) is 0.667. The third-order valence-electron chi connectivity index (χ3n) is 6.64. The Morgan fingerprint density at radius 3 is 2.79 bits per heavy atom. The van der Waals surface area contributed by atoms with Crippen LogP contribution >= 0.6 is 11.3 Å². The van der Waals surface area contributed by atoms with Crippen LogP contribution in [-0.2, 0) is 11.2 Å². The first-order chi connectivity index (χ1) is 13.8. The van der Waals surface area contributed by atoms with Gasteiger partial charge in [-0.3, -0.25) is 4.90 Å². The summed E-state index contributed by atoms with van der Waals surface area (Å²) in [4.78, 5) is 18.0. The quantitative estimate of drug-likeness (QED) is 0.798. The molecular weight excluding hydrogens is 370 g/mol. The van der Waals surface area contributed by atoms with Crippen molar-refractivity contribution in [3.8, 4) is 0 Å². The van der Waals surface area contributed by atoms with Crippen molar-refractivity contribution in [2.75, 3.05) is 38.2 Å². The lowest BCUT2D eigenvalue weighted by atomic mass is 9.89. The highest BCUT2D eigenvalue weighted by Gasteiger charge is 2.32. The number of morpholine rings is 1. The summed E-state index contributed by atoms with van der Waals surface area (Å²) in [5, 5.41) is 4.96. The summed E-state index contributed by atoms with van der Waals surface area (Å²) >= 11 is 1.80. The number of hydrogen-bond donors (Lipinski definition) is 1. The van der Waals surface area contributed by atoms with E-state index in [0.29, 0.717) is 24.5 Å². The van der Waals surface area contributed by atoms with Crippen LogP contribution in [0.5, 0.6) is 0 Å². The van der Waals surface area contributed by atoms with Crippen LogP contribution in [0.15, 0.2) is 6.33 Å². The number of nitrogens with zero attached hydrogens (tertiary/aromatic N) is 4. The maximum Gasteiger partial charge on any atom is 0.221 e. The van der Waals surface area contributed by atoms with Crippen molar-refractivity contribution in [1.29, 1.82) is 0 Å². The molecule has 2 aromatic heterocycles. The Kier molecular flexibility index (Phi) is 5.19. The molecule has 148 valence electrons. The molecule has 7 heteroatoms. The first kappa shape index (κ1) is 18.3. The molecule has 2 aliphatic carbocycles. The van der Waals surface area contributed by atoms with Gasteiger partial charge in [0.1, 0.15) is 17.0 Å². The number of aryl methyl sites for hydroxylation is 1. The minimum atomic E-state index is 0.352. The SMILES string of the molecule is [C-]#[N+]C[C@H]1CCc2sc3ncnc(NC4CCC(N5CCOCC5)CC4)c3c21. The van der Waals surface area contributed by atoms with Crippen molar-refractivity contribution in [3.05, 3.63) is 28.2 Å². The minimum Gasteiger partial charge on any atom is -0.379 e. The second kappa shape index (κ2) is 7.94. The molecule has 3 heterocycles. The molecule has 0 amide bonds. The predicted molar refractivity (Wildman–Crippen MR) is 112 cm³/mol. The van der Waals surface area contributed by atoms with Crippen molar-refractivity contribution in [2.45, 2.75) is 56.5 Å². The molecule has 28 heavy (non-hydrogen) atoms. The van der Waals surface area contributed by atoms with Crippen LogP contribution < -0.4 is 5.32 Å². The van der Waals surface area contributed by atoms with Crippen LogP contribution in [0, 0.1) is 6.57 Å². The summed E-state index contributed by atoms with van der Waals surface area (Å²) in [7, 11) is 0. The van der Waals surface area contributed by atoms with Crippen molar-refractivity contribution >= 4 is 27.4 Å². The Balaban J connectivity index is 1.32. The second-order valence-electron chi connectivity index (χ2n) is 8.22. The Bertz CT molecular complexity index is 877. The molecule has 0 bridgehead atoms. The number of ether oxygens (including phenoxy) is 1. The van der Waals surface area contributed by atoms with E-state index in [1.165, 1.54) is 41.5 Å². The molecular formula is C21H27N5OS. The van der Waals surface area contributed by atoms with Crippen LogP contribution in [0.4, 0.5) is 5.82 Å². The van der Waals surface area contributed by atoms with Gasteiger partial charge in [0.05, 0.1) is 24.5 Å². The molecule has 1 N–H and O–H groups in total. The summed E-state index contributed by atoms with van der Waals surface area (Å²) in [6.07, 6.45) is 8.73. The summed E-state index contributed by atoms with van der Waals surface area (Å²) in [6.45, 7) is 11.8. The van der Waals surface area contributed by atoms with E-state index < -0.39 is 0 Å². The molecule has 0 spiro atoms. The van der Waals surface area contributed by atoms with E-state index in [-0.39, 0.29) is 0 Å². The fourth-order valence-corrected chi connectivity index (χ4v) is 6.43. The molecule has 2 fully saturated rings. The fourth-order valence-electron chi connectivity index (χ4n) is 5.19. The van der Waals surface area contributed by atoms with E-state index in [9.17, 15) is 0 Å². The number of aromatic nitrogens is 2. The molecule has 0 aromatic carbocycles. The lowest BCUT2D eigenvalue weighted by molar-refractivity contribution is 0.00791. The largest absolute Gasteiger partial charge is 0.379 e. The topological polar surface area (TPSA) is 54.6 Å². The maximum absolute atomic E-state index is 7.30. The smallest absolute Gasteiger partial charge is 0.221 e. The van der Waals surface area contributed by atoms with Crippen LogP contribution in [0.2, 0.25) is 0 Å².